The van der Waals surface area contributed by atoms with E-state index in [0.29, 0.717) is 19.5 Å². The number of aliphatic carboxylic acids is 1. The van der Waals surface area contributed by atoms with Gasteiger partial charge in [-0.05, 0) is 32.6 Å². The summed E-state index contributed by atoms with van der Waals surface area (Å²) in [7, 11) is 1.54. The summed E-state index contributed by atoms with van der Waals surface area (Å²) < 4.78 is 0. The number of urea groups is 1. The second-order valence-corrected chi connectivity index (χ2v) is 5.25. The van der Waals surface area contributed by atoms with E-state index in [1.165, 1.54) is 11.9 Å². The Morgan fingerprint density at radius 2 is 2.05 bits per heavy atom. The SMILES string of the molecule is CCN(CC(=O)NC)C(=O)N1CCCCC1CCC(=O)O. The molecule has 0 spiro atoms. The zero-order chi connectivity index (χ0) is 15.8. The quantitative estimate of drug-likeness (QED) is 0.762. The number of rotatable bonds is 6. The largest absolute Gasteiger partial charge is 0.481 e. The van der Waals surface area contributed by atoms with Crippen LogP contribution in [-0.4, -0.2) is 65.5 Å². The summed E-state index contributed by atoms with van der Waals surface area (Å²) >= 11 is 0. The molecule has 1 atom stereocenters. The first-order chi connectivity index (χ1) is 9.99. The second kappa shape index (κ2) is 8.49. The van der Waals surface area contributed by atoms with Gasteiger partial charge in [0.05, 0.1) is 0 Å². The molecule has 3 amide bonds. The van der Waals surface area contributed by atoms with Gasteiger partial charge in [0.2, 0.25) is 5.91 Å². The monoisotopic (exact) mass is 299 g/mol. The molecule has 1 saturated heterocycles. The maximum atomic E-state index is 12.6. The van der Waals surface area contributed by atoms with Crippen molar-refractivity contribution in [1.29, 1.82) is 0 Å². The van der Waals surface area contributed by atoms with E-state index in [9.17, 15) is 14.4 Å². The zero-order valence-corrected chi connectivity index (χ0v) is 12.8. The number of nitrogens with one attached hydrogen (secondary N) is 1. The predicted octanol–water partition coefficient (Wildman–Crippen LogP) is 0.894. The maximum absolute atomic E-state index is 12.6. The van der Waals surface area contributed by atoms with E-state index in [0.717, 1.165) is 19.3 Å². The number of carboxylic acid groups (broad SMARTS) is 1. The molecule has 0 saturated carbocycles. The lowest BCUT2D eigenvalue weighted by Gasteiger charge is -2.38. The summed E-state index contributed by atoms with van der Waals surface area (Å²) in [5.74, 6) is -1.05. The molecule has 7 nitrogen and oxygen atoms in total. The number of amides is 3. The highest BCUT2D eigenvalue weighted by molar-refractivity contribution is 5.84. The second-order valence-electron chi connectivity index (χ2n) is 5.25. The summed E-state index contributed by atoms with van der Waals surface area (Å²) in [6.45, 7) is 2.95. The van der Waals surface area contributed by atoms with Gasteiger partial charge in [-0.1, -0.05) is 0 Å². The number of hydrogen-bond donors (Lipinski definition) is 2. The summed E-state index contributed by atoms with van der Waals surface area (Å²) in [6, 6.07) is -0.211. The molecule has 1 aliphatic heterocycles. The Hall–Kier alpha value is -1.79. The van der Waals surface area contributed by atoms with Gasteiger partial charge >= 0.3 is 12.0 Å². The van der Waals surface area contributed by atoms with Crippen molar-refractivity contribution in [3.8, 4) is 0 Å². The van der Waals surface area contributed by atoms with Crippen molar-refractivity contribution in [3.05, 3.63) is 0 Å². The number of likely N-dealkylation sites (N-methyl/N-ethyl adjacent to an activating group) is 2. The average molecular weight is 299 g/mol. The predicted molar refractivity (Wildman–Crippen MR) is 77.9 cm³/mol. The minimum absolute atomic E-state index is 0.0357. The van der Waals surface area contributed by atoms with Crippen molar-refractivity contribution in [2.24, 2.45) is 0 Å². The Morgan fingerprint density at radius 3 is 2.62 bits per heavy atom. The summed E-state index contributed by atoms with van der Waals surface area (Å²) in [5.41, 5.74) is 0. The molecule has 0 aromatic rings. The van der Waals surface area contributed by atoms with Gasteiger partial charge in [0.15, 0.2) is 0 Å². The number of hydrogen-bond acceptors (Lipinski definition) is 3. The third-order valence-electron chi connectivity index (χ3n) is 3.83. The number of likely N-dealkylation sites (tertiary alicyclic amines) is 1. The van der Waals surface area contributed by atoms with E-state index in [-0.39, 0.29) is 30.9 Å². The molecule has 1 aliphatic rings. The molecule has 120 valence electrons. The lowest BCUT2D eigenvalue weighted by molar-refractivity contribution is -0.137. The van der Waals surface area contributed by atoms with E-state index in [4.69, 9.17) is 5.11 Å². The number of carboxylic acids is 1. The Labute approximate surface area is 125 Å². The molecule has 1 unspecified atom stereocenters. The van der Waals surface area contributed by atoms with E-state index in [2.05, 4.69) is 5.32 Å². The van der Waals surface area contributed by atoms with E-state index < -0.39 is 5.97 Å². The Morgan fingerprint density at radius 1 is 1.33 bits per heavy atom. The molecule has 1 fully saturated rings. The van der Waals surface area contributed by atoms with Crippen LogP contribution in [0.5, 0.6) is 0 Å². The summed E-state index contributed by atoms with van der Waals surface area (Å²) in [5, 5.41) is 11.3. The highest BCUT2D eigenvalue weighted by Gasteiger charge is 2.30. The first-order valence-electron chi connectivity index (χ1n) is 7.47. The van der Waals surface area contributed by atoms with Crippen LogP contribution in [0.2, 0.25) is 0 Å². The third kappa shape index (κ3) is 5.24. The fourth-order valence-corrected chi connectivity index (χ4v) is 2.59. The third-order valence-corrected chi connectivity index (χ3v) is 3.83. The average Bonchev–Trinajstić information content (AvgIpc) is 2.49. The van der Waals surface area contributed by atoms with Crippen molar-refractivity contribution in [2.75, 3.05) is 26.7 Å². The van der Waals surface area contributed by atoms with Crippen LogP contribution in [0.4, 0.5) is 4.79 Å². The van der Waals surface area contributed by atoms with Gasteiger partial charge in [0, 0.05) is 32.6 Å². The van der Waals surface area contributed by atoms with Crippen LogP contribution in [0.1, 0.15) is 39.0 Å². The van der Waals surface area contributed by atoms with Crippen molar-refractivity contribution in [3.63, 3.8) is 0 Å². The number of piperidine rings is 1. The minimum atomic E-state index is -0.842. The Kier molecular flexibility index (Phi) is 6.98. The van der Waals surface area contributed by atoms with Crippen LogP contribution >= 0.6 is 0 Å². The molecule has 1 rings (SSSR count). The van der Waals surface area contributed by atoms with Gasteiger partial charge in [-0.3, -0.25) is 9.59 Å². The first kappa shape index (κ1) is 17.3. The van der Waals surface area contributed by atoms with Crippen LogP contribution < -0.4 is 5.32 Å². The maximum Gasteiger partial charge on any atom is 0.320 e. The molecule has 0 radical (unpaired) electrons. The minimum Gasteiger partial charge on any atom is -0.481 e. The lowest BCUT2D eigenvalue weighted by Crippen LogP contribution is -2.52. The fraction of sp³-hybridized carbons (Fsp3) is 0.786. The smallest absolute Gasteiger partial charge is 0.320 e. The standard InChI is InChI=1S/C14H25N3O4/c1-3-16(10-12(18)15-2)14(21)17-9-5-4-6-11(17)7-8-13(19)20/h11H,3-10H2,1-2H3,(H,15,18)(H,19,20). The van der Waals surface area contributed by atoms with E-state index >= 15 is 0 Å². The summed E-state index contributed by atoms with van der Waals surface area (Å²) in [4.78, 5) is 38.0. The van der Waals surface area contributed by atoms with Gasteiger partial charge in [0.25, 0.3) is 0 Å². The molecule has 1 heterocycles. The van der Waals surface area contributed by atoms with Crippen LogP contribution in [0.25, 0.3) is 0 Å². The molecule has 21 heavy (non-hydrogen) atoms. The van der Waals surface area contributed by atoms with Crippen molar-refractivity contribution < 1.29 is 19.5 Å². The van der Waals surface area contributed by atoms with Gasteiger partial charge in [-0.25, -0.2) is 4.79 Å². The van der Waals surface area contributed by atoms with Gasteiger partial charge < -0.3 is 20.2 Å². The molecular weight excluding hydrogens is 274 g/mol. The van der Waals surface area contributed by atoms with Crippen LogP contribution in [0, 0.1) is 0 Å². The number of nitrogens with zero attached hydrogens (tertiary/aromatic N) is 2. The molecule has 2 N–H and O–H groups in total. The van der Waals surface area contributed by atoms with E-state index in [1.807, 2.05) is 6.92 Å². The van der Waals surface area contributed by atoms with Crippen molar-refractivity contribution in [1.82, 2.24) is 15.1 Å². The molecule has 0 aromatic heterocycles. The highest BCUT2D eigenvalue weighted by Crippen LogP contribution is 2.22. The molecule has 0 aliphatic carbocycles. The number of carbonyl (C=O) groups excluding carboxylic acids is 2. The van der Waals surface area contributed by atoms with Crippen LogP contribution in [0.3, 0.4) is 0 Å². The van der Waals surface area contributed by atoms with Crippen LogP contribution in [-0.2, 0) is 9.59 Å². The molecule has 0 aromatic carbocycles. The lowest BCUT2D eigenvalue weighted by atomic mass is 9.98. The number of carbonyl (C=O) groups is 3. The fourth-order valence-electron chi connectivity index (χ4n) is 2.59. The van der Waals surface area contributed by atoms with Crippen molar-refractivity contribution in [2.45, 2.75) is 45.1 Å². The first-order valence-corrected chi connectivity index (χ1v) is 7.47. The van der Waals surface area contributed by atoms with E-state index in [1.54, 1.807) is 4.90 Å². The van der Waals surface area contributed by atoms with Gasteiger partial charge in [0.1, 0.15) is 6.54 Å². The highest BCUT2D eigenvalue weighted by atomic mass is 16.4. The van der Waals surface area contributed by atoms with Crippen molar-refractivity contribution >= 4 is 17.9 Å². The van der Waals surface area contributed by atoms with Gasteiger partial charge in [-0.2, -0.15) is 0 Å². The molecule has 7 heteroatoms. The molecular formula is C14H25N3O4. The Balaban J connectivity index is 2.69. The topological polar surface area (TPSA) is 90.0 Å². The van der Waals surface area contributed by atoms with Crippen LogP contribution in [0.15, 0.2) is 0 Å². The normalized spacial score (nSPS) is 18.2. The zero-order valence-electron chi connectivity index (χ0n) is 12.8. The molecule has 0 bridgehead atoms. The summed E-state index contributed by atoms with van der Waals surface area (Å²) in [6.07, 6.45) is 3.30. The Bertz CT molecular complexity index is 386. The van der Waals surface area contributed by atoms with Gasteiger partial charge in [-0.15, -0.1) is 0 Å².